The number of hydrogen-bond donors (Lipinski definition) is 0. The largest absolute Gasteiger partial charge is 0.220 e. The Kier molecular flexibility index (Phi) is 5.39. The summed E-state index contributed by atoms with van der Waals surface area (Å²) >= 11 is 0. The molecule has 1 heteroatoms. The van der Waals surface area contributed by atoms with Gasteiger partial charge < -0.3 is 0 Å². The van der Waals surface area contributed by atoms with Crippen molar-refractivity contribution in [1.82, 2.24) is 0 Å². The first-order chi connectivity index (χ1) is 14.6. The predicted octanol–water partition coefficient (Wildman–Crippen LogP) is 7.34. The quantitative estimate of drug-likeness (QED) is 0.405. The van der Waals surface area contributed by atoms with E-state index in [0.717, 1.165) is 11.8 Å². The van der Waals surface area contributed by atoms with Crippen LogP contribution in [0, 0.1) is 19.8 Å². The van der Waals surface area contributed by atoms with Gasteiger partial charge >= 0.3 is 0 Å². The first kappa shape index (κ1) is 19.8. The lowest BCUT2D eigenvalue weighted by Crippen LogP contribution is -2.35. The summed E-state index contributed by atoms with van der Waals surface area (Å²) < 4.78 is 2.40. The molecular weight excluding hydrogens is 362 g/mol. The smallest absolute Gasteiger partial charge is 0.198 e. The molecule has 0 radical (unpaired) electrons. The number of fused-ring (bicyclic) bond motifs is 1. The molecule has 0 saturated heterocycles. The fourth-order valence-corrected chi connectivity index (χ4v) is 6.03. The lowest BCUT2D eigenvalue weighted by atomic mass is 9.90. The van der Waals surface area contributed by atoms with E-state index in [0.29, 0.717) is 0 Å². The molecule has 5 rings (SSSR count). The lowest BCUT2D eigenvalue weighted by Gasteiger charge is -2.15. The van der Waals surface area contributed by atoms with Crippen molar-refractivity contribution in [2.45, 2.75) is 77.6 Å². The summed E-state index contributed by atoms with van der Waals surface area (Å²) in [6, 6.07) is 16.9. The molecule has 0 aliphatic heterocycles. The molecule has 3 aromatic rings. The SMILES string of the molecule is Cc1ccc(C2CCCC2)cc1-c1c2ccc(CC3CCCC3)cc2cc(C)[n+]1C. The molecule has 2 aromatic carbocycles. The highest BCUT2D eigenvalue weighted by molar-refractivity contribution is 5.94. The maximum Gasteiger partial charge on any atom is 0.220 e. The summed E-state index contributed by atoms with van der Waals surface area (Å²) in [5.74, 6) is 1.65. The van der Waals surface area contributed by atoms with E-state index in [1.54, 1.807) is 5.56 Å². The molecule has 2 saturated carbocycles. The van der Waals surface area contributed by atoms with Gasteiger partial charge in [-0.1, -0.05) is 62.8 Å². The maximum absolute atomic E-state index is 2.51. The van der Waals surface area contributed by atoms with Crippen LogP contribution in [0.2, 0.25) is 0 Å². The molecule has 0 spiro atoms. The third-order valence-corrected chi connectivity index (χ3v) is 7.94. The van der Waals surface area contributed by atoms with Gasteiger partial charge in [0.25, 0.3) is 0 Å². The molecule has 0 unspecified atom stereocenters. The number of aryl methyl sites for hydroxylation is 2. The highest BCUT2D eigenvalue weighted by atomic mass is 14.9. The summed E-state index contributed by atoms with van der Waals surface area (Å²) in [6.07, 6.45) is 12.4. The van der Waals surface area contributed by atoms with Gasteiger partial charge in [-0.15, -0.1) is 0 Å². The molecule has 0 amide bonds. The molecule has 1 heterocycles. The Hall–Kier alpha value is -2.15. The van der Waals surface area contributed by atoms with Crippen LogP contribution < -0.4 is 4.57 Å². The highest BCUT2D eigenvalue weighted by Crippen LogP contribution is 2.38. The van der Waals surface area contributed by atoms with Gasteiger partial charge in [0, 0.05) is 18.6 Å². The normalized spacial score (nSPS) is 18.0. The van der Waals surface area contributed by atoms with Crippen LogP contribution in [-0.4, -0.2) is 0 Å². The van der Waals surface area contributed by atoms with E-state index in [4.69, 9.17) is 0 Å². The molecule has 2 aliphatic carbocycles. The number of pyridine rings is 1. The van der Waals surface area contributed by atoms with E-state index < -0.39 is 0 Å². The lowest BCUT2D eigenvalue weighted by molar-refractivity contribution is -0.665. The van der Waals surface area contributed by atoms with Crippen LogP contribution in [0.5, 0.6) is 0 Å². The number of benzene rings is 2. The van der Waals surface area contributed by atoms with Crippen LogP contribution >= 0.6 is 0 Å². The van der Waals surface area contributed by atoms with Gasteiger partial charge in [-0.2, -0.15) is 4.57 Å². The minimum absolute atomic E-state index is 0.753. The number of rotatable bonds is 4. The zero-order chi connectivity index (χ0) is 20.7. The maximum atomic E-state index is 2.51. The summed E-state index contributed by atoms with van der Waals surface area (Å²) in [5, 5.41) is 2.80. The van der Waals surface area contributed by atoms with Crippen molar-refractivity contribution >= 4 is 10.8 Å². The summed E-state index contributed by atoms with van der Waals surface area (Å²) in [5.41, 5.74) is 8.58. The van der Waals surface area contributed by atoms with Crippen molar-refractivity contribution in [1.29, 1.82) is 0 Å². The Balaban J connectivity index is 1.61. The topological polar surface area (TPSA) is 3.88 Å². The average molecular weight is 399 g/mol. The number of aromatic nitrogens is 1. The first-order valence-corrected chi connectivity index (χ1v) is 12.1. The zero-order valence-electron chi connectivity index (χ0n) is 19.0. The fourth-order valence-electron chi connectivity index (χ4n) is 6.03. The Bertz CT molecular complexity index is 1070. The molecule has 30 heavy (non-hydrogen) atoms. The second-order valence-electron chi connectivity index (χ2n) is 10.0. The van der Waals surface area contributed by atoms with Crippen molar-refractivity contribution in [3.8, 4) is 11.3 Å². The standard InChI is InChI=1S/C29H36N/c1-20-12-14-25(24-10-6-7-11-24)19-28(20)29-27-15-13-23(17-22-8-4-5-9-22)18-26(27)16-21(2)30(29)3/h12-16,18-19,22,24H,4-11,17H2,1-3H3/q+1. The number of nitrogens with zero attached hydrogens (tertiary/aromatic N) is 1. The van der Waals surface area contributed by atoms with E-state index in [2.05, 4.69) is 67.9 Å². The van der Waals surface area contributed by atoms with Crippen molar-refractivity contribution in [2.24, 2.45) is 13.0 Å². The molecule has 0 atom stereocenters. The van der Waals surface area contributed by atoms with Gasteiger partial charge in [-0.05, 0) is 72.2 Å². The fraction of sp³-hybridized carbons (Fsp3) is 0.483. The van der Waals surface area contributed by atoms with Crippen molar-refractivity contribution in [3.05, 3.63) is 64.8 Å². The molecule has 1 nitrogen and oxygen atoms in total. The van der Waals surface area contributed by atoms with Gasteiger partial charge in [0.1, 0.15) is 7.05 Å². The van der Waals surface area contributed by atoms with Gasteiger partial charge in [0.15, 0.2) is 5.69 Å². The minimum atomic E-state index is 0.753. The van der Waals surface area contributed by atoms with E-state index in [1.807, 2.05) is 0 Å². The second kappa shape index (κ2) is 8.17. The first-order valence-electron chi connectivity index (χ1n) is 12.1. The molecule has 0 bridgehead atoms. The second-order valence-corrected chi connectivity index (χ2v) is 10.0. The summed E-state index contributed by atoms with van der Waals surface area (Å²) in [4.78, 5) is 0. The monoisotopic (exact) mass is 398 g/mol. The van der Waals surface area contributed by atoms with E-state index in [9.17, 15) is 0 Å². The molecule has 1 aromatic heterocycles. The molecular formula is C29H36N+. The third-order valence-electron chi connectivity index (χ3n) is 7.94. The Labute approximate surface area is 182 Å². The van der Waals surface area contributed by atoms with Crippen LogP contribution in [0.15, 0.2) is 42.5 Å². The minimum Gasteiger partial charge on any atom is -0.198 e. The molecule has 0 N–H and O–H groups in total. The van der Waals surface area contributed by atoms with Crippen LogP contribution in [0.25, 0.3) is 22.0 Å². The van der Waals surface area contributed by atoms with Crippen LogP contribution in [0.1, 0.15) is 79.7 Å². The van der Waals surface area contributed by atoms with E-state index in [-0.39, 0.29) is 0 Å². The Morgan fingerprint density at radius 1 is 0.833 bits per heavy atom. The predicted molar refractivity (Wildman–Crippen MR) is 127 cm³/mol. The van der Waals surface area contributed by atoms with E-state index in [1.165, 1.54) is 96.6 Å². The Morgan fingerprint density at radius 3 is 2.33 bits per heavy atom. The third kappa shape index (κ3) is 3.68. The van der Waals surface area contributed by atoms with Gasteiger partial charge in [-0.3, -0.25) is 0 Å². The summed E-state index contributed by atoms with van der Waals surface area (Å²) in [6.45, 7) is 4.53. The van der Waals surface area contributed by atoms with Crippen LogP contribution in [0.4, 0.5) is 0 Å². The highest BCUT2D eigenvalue weighted by Gasteiger charge is 2.23. The average Bonchev–Trinajstić information content (AvgIpc) is 3.44. The molecule has 156 valence electrons. The molecule has 2 aliphatic rings. The number of hydrogen-bond acceptors (Lipinski definition) is 0. The Morgan fingerprint density at radius 2 is 1.57 bits per heavy atom. The van der Waals surface area contributed by atoms with Crippen LogP contribution in [-0.2, 0) is 13.5 Å². The summed E-state index contributed by atoms with van der Waals surface area (Å²) in [7, 11) is 2.23. The van der Waals surface area contributed by atoms with Gasteiger partial charge in [-0.25, -0.2) is 0 Å². The van der Waals surface area contributed by atoms with Crippen molar-refractivity contribution in [2.75, 3.05) is 0 Å². The zero-order valence-corrected chi connectivity index (χ0v) is 19.0. The molecule has 2 fully saturated rings. The van der Waals surface area contributed by atoms with Crippen LogP contribution in [0.3, 0.4) is 0 Å². The van der Waals surface area contributed by atoms with Crippen molar-refractivity contribution < 1.29 is 4.57 Å². The van der Waals surface area contributed by atoms with Gasteiger partial charge in [0.2, 0.25) is 5.69 Å². The van der Waals surface area contributed by atoms with Crippen molar-refractivity contribution in [3.63, 3.8) is 0 Å². The van der Waals surface area contributed by atoms with Gasteiger partial charge in [0.05, 0.1) is 5.39 Å². The van der Waals surface area contributed by atoms with E-state index >= 15 is 0 Å².